The minimum Gasteiger partial charge on any atom is -0.468 e. The summed E-state index contributed by atoms with van der Waals surface area (Å²) in [5.74, 6) is 2.86. The molecule has 2 aromatic heterocycles. The van der Waals surface area contributed by atoms with E-state index in [9.17, 15) is 4.79 Å². The lowest BCUT2D eigenvalue weighted by atomic mass is 10.0. The molecule has 0 fully saturated rings. The highest BCUT2D eigenvalue weighted by atomic mass is 32.2. The molecule has 3 aromatic rings. The topological polar surface area (TPSA) is 55.4 Å². The molecular weight excluding hydrogens is 322 g/mol. The Morgan fingerprint density at radius 1 is 1.21 bits per heavy atom. The standard InChI is InChI=1S/C19H21NO3S/c1-13-5-6-17-15(10-18(21)23-19(17)14(13)2)11-20-7-9-24-12-16-4-3-8-22-16/h3-6,8,10,20H,7,9,11-12H2,1-2H3. The Kier molecular flexibility index (Phi) is 5.43. The molecule has 1 N–H and O–H groups in total. The predicted octanol–water partition coefficient (Wildman–Crippen LogP) is 4.03. The van der Waals surface area contributed by atoms with Crippen LogP contribution in [-0.2, 0) is 12.3 Å². The van der Waals surface area contributed by atoms with Gasteiger partial charge in [-0.05, 0) is 42.7 Å². The molecule has 0 spiro atoms. The van der Waals surface area contributed by atoms with Crippen molar-refractivity contribution >= 4 is 22.7 Å². The molecule has 0 radical (unpaired) electrons. The molecule has 0 atom stereocenters. The average molecular weight is 343 g/mol. The molecule has 4 nitrogen and oxygen atoms in total. The molecule has 0 amide bonds. The molecule has 0 bridgehead atoms. The average Bonchev–Trinajstić information content (AvgIpc) is 3.08. The second kappa shape index (κ2) is 7.73. The third-order valence-corrected chi connectivity index (χ3v) is 5.06. The first-order valence-corrected chi connectivity index (χ1v) is 9.14. The number of fused-ring (bicyclic) bond motifs is 1. The number of hydrogen-bond acceptors (Lipinski definition) is 5. The highest BCUT2D eigenvalue weighted by Gasteiger charge is 2.09. The quantitative estimate of drug-likeness (QED) is 0.518. The van der Waals surface area contributed by atoms with Gasteiger partial charge in [0, 0.05) is 30.3 Å². The van der Waals surface area contributed by atoms with Crippen molar-refractivity contribution in [2.45, 2.75) is 26.1 Å². The van der Waals surface area contributed by atoms with Crippen molar-refractivity contribution in [3.63, 3.8) is 0 Å². The van der Waals surface area contributed by atoms with E-state index in [1.165, 1.54) is 0 Å². The first-order chi connectivity index (χ1) is 11.6. The Hall–Kier alpha value is -1.98. The number of hydrogen-bond donors (Lipinski definition) is 1. The lowest BCUT2D eigenvalue weighted by Gasteiger charge is -2.10. The van der Waals surface area contributed by atoms with Crippen LogP contribution in [0.3, 0.4) is 0 Å². The molecule has 0 aliphatic rings. The monoisotopic (exact) mass is 343 g/mol. The zero-order valence-electron chi connectivity index (χ0n) is 13.9. The van der Waals surface area contributed by atoms with E-state index >= 15 is 0 Å². The zero-order valence-corrected chi connectivity index (χ0v) is 14.7. The first-order valence-electron chi connectivity index (χ1n) is 7.99. The van der Waals surface area contributed by atoms with Gasteiger partial charge >= 0.3 is 5.63 Å². The summed E-state index contributed by atoms with van der Waals surface area (Å²) in [5, 5.41) is 4.41. The fraction of sp³-hybridized carbons (Fsp3) is 0.316. The number of rotatable bonds is 7. The smallest absolute Gasteiger partial charge is 0.336 e. The Bertz CT molecular complexity index is 868. The van der Waals surface area contributed by atoms with Gasteiger partial charge in [-0.3, -0.25) is 0 Å². The SMILES string of the molecule is Cc1ccc2c(CNCCSCc3ccco3)cc(=O)oc2c1C. The van der Waals surface area contributed by atoms with Crippen LogP contribution in [0.5, 0.6) is 0 Å². The Balaban J connectivity index is 1.59. The Labute approximate surface area is 145 Å². The number of aryl methyl sites for hydroxylation is 2. The van der Waals surface area contributed by atoms with Crippen molar-refractivity contribution in [1.82, 2.24) is 5.32 Å². The van der Waals surface area contributed by atoms with Gasteiger partial charge in [-0.1, -0.05) is 12.1 Å². The van der Waals surface area contributed by atoms with Gasteiger partial charge in [0.1, 0.15) is 11.3 Å². The van der Waals surface area contributed by atoms with E-state index < -0.39 is 0 Å². The summed E-state index contributed by atoms with van der Waals surface area (Å²) in [7, 11) is 0. The van der Waals surface area contributed by atoms with E-state index in [2.05, 4.69) is 11.4 Å². The van der Waals surface area contributed by atoms with Crippen LogP contribution in [0.25, 0.3) is 11.0 Å². The second-order valence-electron chi connectivity index (χ2n) is 5.78. The number of nitrogens with one attached hydrogen (secondary N) is 1. The van der Waals surface area contributed by atoms with E-state index in [1.54, 1.807) is 12.3 Å². The summed E-state index contributed by atoms with van der Waals surface area (Å²) in [6, 6.07) is 9.58. The summed E-state index contributed by atoms with van der Waals surface area (Å²) in [4.78, 5) is 11.8. The van der Waals surface area contributed by atoms with Gasteiger partial charge in [-0.2, -0.15) is 11.8 Å². The van der Waals surface area contributed by atoms with Crippen LogP contribution in [0.1, 0.15) is 22.5 Å². The van der Waals surface area contributed by atoms with E-state index in [4.69, 9.17) is 8.83 Å². The molecule has 0 saturated carbocycles. The van der Waals surface area contributed by atoms with Crippen LogP contribution < -0.4 is 10.9 Å². The zero-order chi connectivity index (χ0) is 16.9. The summed E-state index contributed by atoms with van der Waals surface area (Å²) in [6.07, 6.45) is 1.70. The van der Waals surface area contributed by atoms with Crippen molar-refractivity contribution in [3.8, 4) is 0 Å². The fourth-order valence-corrected chi connectivity index (χ4v) is 3.40. The third kappa shape index (κ3) is 3.91. The highest BCUT2D eigenvalue weighted by Crippen LogP contribution is 2.23. The number of furan rings is 1. The maximum Gasteiger partial charge on any atom is 0.336 e. The molecule has 0 aliphatic carbocycles. The van der Waals surface area contributed by atoms with E-state index in [1.807, 2.05) is 43.8 Å². The minimum atomic E-state index is -0.291. The van der Waals surface area contributed by atoms with Crippen LogP contribution in [0.2, 0.25) is 0 Å². The van der Waals surface area contributed by atoms with Gasteiger partial charge in [0.05, 0.1) is 12.0 Å². The molecule has 0 unspecified atom stereocenters. The Morgan fingerprint density at radius 2 is 2.08 bits per heavy atom. The summed E-state index contributed by atoms with van der Waals surface area (Å²) in [5.41, 5.74) is 3.55. The fourth-order valence-electron chi connectivity index (χ4n) is 2.61. The highest BCUT2D eigenvalue weighted by molar-refractivity contribution is 7.98. The van der Waals surface area contributed by atoms with Crippen LogP contribution in [0.15, 0.2) is 50.2 Å². The molecule has 24 heavy (non-hydrogen) atoms. The number of thioether (sulfide) groups is 1. The van der Waals surface area contributed by atoms with E-state index in [-0.39, 0.29) is 5.63 Å². The molecule has 0 aliphatic heterocycles. The normalized spacial score (nSPS) is 11.2. The molecule has 126 valence electrons. The predicted molar refractivity (Wildman–Crippen MR) is 98.5 cm³/mol. The molecule has 5 heteroatoms. The van der Waals surface area contributed by atoms with Crippen molar-refractivity contribution in [2.24, 2.45) is 0 Å². The van der Waals surface area contributed by atoms with Gasteiger partial charge in [0.15, 0.2) is 0 Å². The lowest BCUT2D eigenvalue weighted by molar-refractivity contribution is 0.530. The summed E-state index contributed by atoms with van der Waals surface area (Å²) >= 11 is 1.82. The third-order valence-electron chi connectivity index (χ3n) is 4.08. The molecular formula is C19H21NO3S. The van der Waals surface area contributed by atoms with E-state index in [0.717, 1.165) is 45.9 Å². The van der Waals surface area contributed by atoms with E-state index in [0.29, 0.717) is 12.1 Å². The first kappa shape index (κ1) is 16.9. The van der Waals surface area contributed by atoms with Crippen LogP contribution in [0.4, 0.5) is 0 Å². The van der Waals surface area contributed by atoms with Crippen LogP contribution in [-0.4, -0.2) is 12.3 Å². The van der Waals surface area contributed by atoms with Crippen molar-refractivity contribution < 1.29 is 8.83 Å². The van der Waals surface area contributed by atoms with Gasteiger partial charge in [0.2, 0.25) is 0 Å². The van der Waals surface area contributed by atoms with Crippen molar-refractivity contribution in [1.29, 1.82) is 0 Å². The van der Waals surface area contributed by atoms with Crippen molar-refractivity contribution in [2.75, 3.05) is 12.3 Å². The van der Waals surface area contributed by atoms with Crippen molar-refractivity contribution in [3.05, 3.63) is 69.5 Å². The maximum absolute atomic E-state index is 11.8. The second-order valence-corrected chi connectivity index (χ2v) is 6.89. The van der Waals surface area contributed by atoms with Gasteiger partial charge in [0.25, 0.3) is 0 Å². The van der Waals surface area contributed by atoms with Gasteiger partial charge in [-0.15, -0.1) is 0 Å². The molecule has 3 rings (SSSR count). The summed E-state index contributed by atoms with van der Waals surface area (Å²) in [6.45, 7) is 5.54. The number of benzene rings is 1. The van der Waals surface area contributed by atoms with Gasteiger partial charge in [-0.25, -0.2) is 4.79 Å². The summed E-state index contributed by atoms with van der Waals surface area (Å²) < 4.78 is 10.7. The Morgan fingerprint density at radius 3 is 2.88 bits per heavy atom. The van der Waals surface area contributed by atoms with Crippen LogP contribution >= 0.6 is 11.8 Å². The minimum absolute atomic E-state index is 0.291. The molecule has 0 saturated heterocycles. The maximum atomic E-state index is 11.8. The molecule has 1 aromatic carbocycles. The van der Waals surface area contributed by atoms with Gasteiger partial charge < -0.3 is 14.2 Å². The molecule has 2 heterocycles. The van der Waals surface area contributed by atoms with Crippen LogP contribution in [0, 0.1) is 13.8 Å². The largest absolute Gasteiger partial charge is 0.468 e. The lowest BCUT2D eigenvalue weighted by Crippen LogP contribution is -2.18.